The number of aliphatic hydroxyl groups is 1. The molecular formula is C47H55N3O8. The zero-order valence-corrected chi connectivity index (χ0v) is 34.1. The molecular weight excluding hydrogens is 735 g/mol. The first-order valence-corrected chi connectivity index (χ1v) is 19.7. The molecule has 11 nitrogen and oxygen atoms in total. The van der Waals surface area contributed by atoms with Crippen LogP contribution in [0.5, 0.6) is 5.75 Å². The molecule has 1 aliphatic carbocycles. The minimum atomic E-state index is -1.79. The van der Waals surface area contributed by atoms with Crippen LogP contribution in [0.3, 0.4) is 0 Å². The van der Waals surface area contributed by atoms with Gasteiger partial charge in [-0.1, -0.05) is 124 Å². The van der Waals surface area contributed by atoms with Crippen LogP contribution in [0.2, 0.25) is 0 Å². The molecule has 1 aliphatic rings. The van der Waals surface area contributed by atoms with Crippen LogP contribution < -0.4 is 10.6 Å². The minimum absolute atomic E-state index is 0.0156. The Bertz CT molecular complexity index is 2020. The standard InChI is InChI=1S/C47H55N3O8/c1-8-29(3)40(50(7)46(55)57-28-38-36-21-15-13-19-34(36)35-20-14-16-22-37(35)38)44(53)48-39(27-31-23-25-33(51)26-24-31)43(52)49-42(47(5,6)56)45(54)58-41(30(4)9-2)32-17-11-10-12-18-32/h9-26,29-30,38-42,51,56H,2,8,27-28H2,1,3-7H3,(H,48,53)(H,49,52). The SMILES string of the molecule is C=CC(C)C(OC(=O)C(NC(=O)C(Cc1ccc(O)cc1)NC(=O)C(C(C)CC)N(C)C(=O)OCC1c2ccccc2-c2ccccc21)C(C)(C)O)c1ccccc1. The van der Waals surface area contributed by atoms with Gasteiger partial charge in [-0.15, -0.1) is 6.58 Å². The maximum atomic E-state index is 14.3. The highest BCUT2D eigenvalue weighted by molar-refractivity contribution is 5.93. The number of ether oxygens (including phenoxy) is 2. The molecule has 5 rings (SSSR count). The molecule has 4 aromatic rings. The lowest BCUT2D eigenvalue weighted by Gasteiger charge is -2.34. The van der Waals surface area contributed by atoms with Crippen molar-refractivity contribution in [1.82, 2.24) is 15.5 Å². The highest BCUT2D eigenvalue weighted by Gasteiger charge is 2.41. The molecule has 6 atom stereocenters. The molecule has 0 radical (unpaired) electrons. The summed E-state index contributed by atoms with van der Waals surface area (Å²) < 4.78 is 11.9. The van der Waals surface area contributed by atoms with Crippen LogP contribution in [0.15, 0.2) is 116 Å². The molecule has 6 unspecified atom stereocenters. The lowest BCUT2D eigenvalue weighted by atomic mass is 9.95. The normalized spacial score (nSPS) is 15.3. The Hall–Kier alpha value is -5.94. The average molecular weight is 790 g/mol. The van der Waals surface area contributed by atoms with Crippen LogP contribution in [0.4, 0.5) is 4.79 Å². The van der Waals surface area contributed by atoms with Crippen LogP contribution >= 0.6 is 0 Å². The van der Waals surface area contributed by atoms with Crippen molar-refractivity contribution < 1.29 is 38.9 Å². The third kappa shape index (κ3) is 10.1. The Labute approximate surface area is 341 Å². The van der Waals surface area contributed by atoms with Gasteiger partial charge in [-0.3, -0.25) is 14.5 Å². The summed E-state index contributed by atoms with van der Waals surface area (Å²) >= 11 is 0. The Morgan fingerprint density at radius 3 is 1.97 bits per heavy atom. The van der Waals surface area contributed by atoms with Gasteiger partial charge >= 0.3 is 12.1 Å². The van der Waals surface area contributed by atoms with E-state index in [1.54, 1.807) is 18.2 Å². The van der Waals surface area contributed by atoms with Crippen LogP contribution in [0, 0.1) is 11.8 Å². The molecule has 4 aromatic carbocycles. The van der Waals surface area contributed by atoms with E-state index < -0.39 is 53.7 Å². The smallest absolute Gasteiger partial charge is 0.410 e. The number of carbonyl (C=O) groups excluding carboxylic acids is 4. The van der Waals surface area contributed by atoms with Gasteiger partial charge < -0.3 is 30.3 Å². The Kier molecular flexibility index (Phi) is 14.1. The average Bonchev–Trinajstić information content (AvgIpc) is 3.54. The number of hydrogen-bond acceptors (Lipinski definition) is 8. The molecule has 306 valence electrons. The van der Waals surface area contributed by atoms with Crippen LogP contribution in [0.25, 0.3) is 11.1 Å². The third-order valence-electron chi connectivity index (χ3n) is 11.0. The fourth-order valence-electron chi connectivity index (χ4n) is 7.39. The van der Waals surface area contributed by atoms with Crippen molar-refractivity contribution >= 4 is 23.9 Å². The number of aromatic hydroxyl groups is 1. The molecule has 0 saturated heterocycles. The number of rotatable bonds is 17. The zero-order chi connectivity index (χ0) is 42.1. The maximum absolute atomic E-state index is 14.3. The first kappa shape index (κ1) is 43.2. The molecule has 0 aliphatic heterocycles. The highest BCUT2D eigenvalue weighted by atomic mass is 16.6. The van der Waals surface area contributed by atoms with E-state index in [1.165, 1.54) is 37.9 Å². The van der Waals surface area contributed by atoms with Crippen LogP contribution in [-0.4, -0.2) is 76.4 Å². The summed E-state index contributed by atoms with van der Waals surface area (Å²) in [6.07, 6.45) is 0.664. The number of likely N-dealkylation sites (N-methyl/N-ethyl adjacent to an activating group) is 1. The monoisotopic (exact) mass is 789 g/mol. The predicted molar refractivity (Wildman–Crippen MR) is 223 cm³/mol. The van der Waals surface area contributed by atoms with E-state index in [4.69, 9.17) is 9.47 Å². The molecule has 0 aromatic heterocycles. The molecule has 11 heteroatoms. The number of hydrogen-bond donors (Lipinski definition) is 4. The Morgan fingerprint density at radius 1 is 0.845 bits per heavy atom. The van der Waals surface area contributed by atoms with Crippen molar-refractivity contribution in [2.75, 3.05) is 13.7 Å². The fourth-order valence-corrected chi connectivity index (χ4v) is 7.39. The summed E-state index contributed by atoms with van der Waals surface area (Å²) in [6.45, 7) is 12.2. The second kappa shape index (κ2) is 19.0. The largest absolute Gasteiger partial charge is 0.508 e. The fraction of sp³-hybridized carbons (Fsp3) is 0.362. The van der Waals surface area contributed by atoms with Gasteiger partial charge in [0.2, 0.25) is 11.8 Å². The van der Waals surface area contributed by atoms with Crippen molar-refractivity contribution in [2.45, 2.75) is 83.2 Å². The van der Waals surface area contributed by atoms with E-state index in [1.807, 2.05) is 99.6 Å². The maximum Gasteiger partial charge on any atom is 0.410 e. The van der Waals surface area contributed by atoms with E-state index in [-0.39, 0.29) is 36.5 Å². The van der Waals surface area contributed by atoms with Gasteiger partial charge in [0, 0.05) is 25.3 Å². The summed E-state index contributed by atoms with van der Waals surface area (Å²) in [7, 11) is 1.50. The first-order chi connectivity index (χ1) is 27.6. The number of amides is 3. The minimum Gasteiger partial charge on any atom is -0.508 e. The quantitative estimate of drug-likeness (QED) is 0.0654. The topological polar surface area (TPSA) is 154 Å². The van der Waals surface area contributed by atoms with Crippen molar-refractivity contribution in [3.05, 3.63) is 138 Å². The summed E-state index contributed by atoms with van der Waals surface area (Å²) in [5.74, 6) is -3.11. The van der Waals surface area contributed by atoms with Gasteiger partial charge in [0.15, 0.2) is 6.04 Å². The molecule has 0 bridgehead atoms. The van der Waals surface area contributed by atoms with Gasteiger partial charge in [-0.05, 0) is 65.3 Å². The molecule has 3 amide bonds. The molecule has 0 heterocycles. The summed E-state index contributed by atoms with van der Waals surface area (Å²) in [6, 6.07) is 27.4. The van der Waals surface area contributed by atoms with E-state index in [0.29, 0.717) is 17.5 Å². The second-order valence-electron chi connectivity index (χ2n) is 15.6. The van der Waals surface area contributed by atoms with E-state index in [2.05, 4.69) is 17.2 Å². The zero-order valence-electron chi connectivity index (χ0n) is 34.1. The summed E-state index contributed by atoms with van der Waals surface area (Å²) in [4.78, 5) is 57.5. The van der Waals surface area contributed by atoms with Gasteiger partial charge in [0.25, 0.3) is 0 Å². The van der Waals surface area contributed by atoms with Gasteiger partial charge in [-0.25, -0.2) is 9.59 Å². The van der Waals surface area contributed by atoms with E-state index in [9.17, 15) is 29.4 Å². The molecule has 0 saturated carbocycles. The number of phenols is 1. The summed E-state index contributed by atoms with van der Waals surface area (Å²) in [5, 5.41) is 26.6. The second-order valence-corrected chi connectivity index (χ2v) is 15.6. The van der Waals surface area contributed by atoms with E-state index >= 15 is 0 Å². The van der Waals surface area contributed by atoms with Gasteiger partial charge in [0.1, 0.15) is 30.5 Å². The van der Waals surface area contributed by atoms with Crippen molar-refractivity contribution in [3.8, 4) is 16.9 Å². The number of esters is 1. The third-order valence-corrected chi connectivity index (χ3v) is 11.0. The predicted octanol–water partition coefficient (Wildman–Crippen LogP) is 7.08. The number of carbonyl (C=O) groups is 4. The number of nitrogens with one attached hydrogen (secondary N) is 2. The molecule has 0 fully saturated rings. The van der Waals surface area contributed by atoms with Crippen molar-refractivity contribution in [2.24, 2.45) is 11.8 Å². The number of phenolic OH excluding ortho intramolecular Hbond substituents is 1. The van der Waals surface area contributed by atoms with Crippen molar-refractivity contribution in [1.29, 1.82) is 0 Å². The lowest BCUT2D eigenvalue weighted by Crippen LogP contribution is -2.61. The molecule has 0 spiro atoms. The number of nitrogens with zero attached hydrogens (tertiary/aromatic N) is 1. The van der Waals surface area contributed by atoms with Crippen LogP contribution in [-0.2, 0) is 30.3 Å². The van der Waals surface area contributed by atoms with Gasteiger partial charge in [-0.2, -0.15) is 0 Å². The number of fused-ring (bicyclic) bond motifs is 3. The summed E-state index contributed by atoms with van der Waals surface area (Å²) in [5.41, 5.74) is 3.79. The Balaban J connectivity index is 1.36. The van der Waals surface area contributed by atoms with Crippen LogP contribution in [0.1, 0.15) is 75.3 Å². The van der Waals surface area contributed by atoms with E-state index in [0.717, 1.165) is 22.3 Å². The van der Waals surface area contributed by atoms with Crippen molar-refractivity contribution in [3.63, 3.8) is 0 Å². The lowest BCUT2D eigenvalue weighted by molar-refractivity contribution is -0.162. The Morgan fingerprint density at radius 2 is 1.41 bits per heavy atom. The number of benzene rings is 4. The molecule has 4 N–H and O–H groups in total. The molecule has 58 heavy (non-hydrogen) atoms. The van der Waals surface area contributed by atoms with Gasteiger partial charge in [0.05, 0.1) is 5.60 Å². The highest BCUT2D eigenvalue weighted by Crippen LogP contribution is 2.44. The first-order valence-electron chi connectivity index (χ1n) is 19.7.